The van der Waals surface area contributed by atoms with Gasteiger partial charge in [-0.15, -0.1) is 0 Å². The van der Waals surface area contributed by atoms with Crippen molar-refractivity contribution in [2.24, 2.45) is 4.99 Å². The third kappa shape index (κ3) is 4.86. The topological polar surface area (TPSA) is 79.2 Å². The van der Waals surface area contributed by atoms with Crippen LogP contribution in [0.1, 0.15) is 36.2 Å². The average molecular weight is 410 g/mol. The van der Waals surface area contributed by atoms with Gasteiger partial charge in [0.05, 0.1) is 22.8 Å². The Kier molecular flexibility index (Phi) is 6.72. The second-order valence-corrected chi connectivity index (χ2v) is 7.30. The second-order valence-electron chi connectivity index (χ2n) is 6.29. The maximum absolute atomic E-state index is 12.8. The minimum atomic E-state index is -0.987. The average Bonchev–Trinajstić information content (AvgIpc) is 3.01. The Morgan fingerprint density at radius 1 is 1.17 bits per heavy atom. The van der Waals surface area contributed by atoms with Gasteiger partial charge in [-0.3, -0.25) is 9.69 Å². The van der Waals surface area contributed by atoms with Gasteiger partial charge in [0.1, 0.15) is 5.75 Å². The molecule has 1 aliphatic heterocycles. The van der Waals surface area contributed by atoms with Gasteiger partial charge in [-0.2, -0.15) is 0 Å². The van der Waals surface area contributed by atoms with Crippen LogP contribution in [0.2, 0.25) is 0 Å². The molecule has 0 saturated carbocycles. The summed E-state index contributed by atoms with van der Waals surface area (Å²) in [4.78, 5) is 30.6. The number of aliphatic imine (C=N–C) groups is 1. The Morgan fingerprint density at radius 2 is 1.90 bits per heavy atom. The molecule has 6 nitrogen and oxygen atoms in total. The van der Waals surface area contributed by atoms with E-state index in [-0.39, 0.29) is 11.5 Å². The Balaban J connectivity index is 1.89. The van der Waals surface area contributed by atoms with E-state index in [0.29, 0.717) is 28.9 Å². The maximum atomic E-state index is 12.8. The molecule has 0 unspecified atom stereocenters. The van der Waals surface area contributed by atoms with Crippen molar-refractivity contribution in [3.63, 3.8) is 0 Å². The molecule has 7 heteroatoms. The van der Waals surface area contributed by atoms with Crippen LogP contribution in [0.5, 0.6) is 5.75 Å². The van der Waals surface area contributed by atoms with Crippen molar-refractivity contribution < 1.29 is 19.4 Å². The lowest BCUT2D eigenvalue weighted by atomic mass is 10.2. The number of ether oxygens (including phenoxy) is 1. The summed E-state index contributed by atoms with van der Waals surface area (Å²) in [5.41, 5.74) is 1.64. The van der Waals surface area contributed by atoms with Gasteiger partial charge in [0.2, 0.25) is 0 Å². The summed E-state index contributed by atoms with van der Waals surface area (Å²) in [6.45, 7) is 5.04. The molecule has 1 amide bonds. The number of carboxylic acid groups (broad SMARTS) is 1. The SMILES string of the molecule is CCCOc1ccccc1/C=C1\SC(=Nc2ccc(C(=O)O)cc2)N(CC)C1=O. The molecule has 0 atom stereocenters. The molecule has 150 valence electrons. The summed E-state index contributed by atoms with van der Waals surface area (Å²) in [5, 5.41) is 9.58. The number of thioether (sulfide) groups is 1. The van der Waals surface area contributed by atoms with E-state index in [0.717, 1.165) is 17.7 Å². The van der Waals surface area contributed by atoms with Gasteiger partial charge in [-0.1, -0.05) is 25.1 Å². The van der Waals surface area contributed by atoms with Crippen molar-refractivity contribution in [3.05, 3.63) is 64.6 Å². The molecule has 1 N–H and O–H groups in total. The summed E-state index contributed by atoms with van der Waals surface area (Å²) >= 11 is 1.30. The Bertz CT molecular complexity index is 967. The summed E-state index contributed by atoms with van der Waals surface area (Å²) in [5.74, 6) is -0.351. The number of rotatable bonds is 7. The highest BCUT2D eigenvalue weighted by molar-refractivity contribution is 8.18. The number of carbonyl (C=O) groups excluding carboxylic acids is 1. The fraction of sp³-hybridized carbons (Fsp3) is 0.227. The number of para-hydroxylation sites is 1. The largest absolute Gasteiger partial charge is 0.493 e. The monoisotopic (exact) mass is 410 g/mol. The van der Waals surface area contributed by atoms with E-state index in [9.17, 15) is 9.59 Å². The van der Waals surface area contributed by atoms with Crippen molar-refractivity contribution in [3.8, 4) is 5.75 Å². The van der Waals surface area contributed by atoms with Gasteiger partial charge in [-0.05, 0) is 61.5 Å². The van der Waals surface area contributed by atoms with Gasteiger partial charge in [0.15, 0.2) is 5.17 Å². The number of hydrogen-bond acceptors (Lipinski definition) is 5. The molecule has 0 aromatic heterocycles. The Hall–Kier alpha value is -3.06. The van der Waals surface area contributed by atoms with Crippen molar-refractivity contribution in [2.45, 2.75) is 20.3 Å². The van der Waals surface area contributed by atoms with E-state index in [4.69, 9.17) is 9.84 Å². The first-order valence-corrected chi connectivity index (χ1v) is 10.2. The number of amidine groups is 1. The van der Waals surface area contributed by atoms with Crippen LogP contribution in [-0.4, -0.2) is 40.2 Å². The van der Waals surface area contributed by atoms with E-state index >= 15 is 0 Å². The third-order valence-corrected chi connectivity index (χ3v) is 5.22. The molecule has 3 rings (SSSR count). The van der Waals surface area contributed by atoms with Gasteiger partial charge in [0.25, 0.3) is 5.91 Å². The molecular weight excluding hydrogens is 388 g/mol. The maximum Gasteiger partial charge on any atom is 0.335 e. The predicted octanol–water partition coefficient (Wildman–Crippen LogP) is 4.80. The van der Waals surface area contributed by atoms with E-state index in [1.807, 2.05) is 44.2 Å². The van der Waals surface area contributed by atoms with Gasteiger partial charge in [0, 0.05) is 12.1 Å². The van der Waals surface area contributed by atoms with Crippen molar-refractivity contribution >= 4 is 40.6 Å². The summed E-state index contributed by atoms with van der Waals surface area (Å²) in [7, 11) is 0. The van der Waals surface area contributed by atoms with Gasteiger partial charge < -0.3 is 9.84 Å². The highest BCUT2D eigenvalue weighted by atomic mass is 32.2. The normalized spacial score (nSPS) is 16.6. The van der Waals surface area contributed by atoms with Crippen LogP contribution in [0.25, 0.3) is 6.08 Å². The van der Waals surface area contributed by atoms with E-state index in [1.54, 1.807) is 17.0 Å². The molecule has 1 heterocycles. The van der Waals surface area contributed by atoms with Crippen LogP contribution in [-0.2, 0) is 4.79 Å². The van der Waals surface area contributed by atoms with E-state index < -0.39 is 5.97 Å². The molecule has 0 spiro atoms. The number of nitrogens with zero attached hydrogens (tertiary/aromatic N) is 2. The van der Waals surface area contributed by atoms with Gasteiger partial charge >= 0.3 is 5.97 Å². The number of benzene rings is 2. The zero-order chi connectivity index (χ0) is 20.8. The standard InChI is InChI=1S/C22H22N2O4S/c1-3-13-28-18-8-6-5-7-16(18)14-19-20(25)24(4-2)22(29-19)23-17-11-9-15(10-12-17)21(26)27/h5-12,14H,3-4,13H2,1-2H3,(H,26,27)/b19-14-,23-22?. The number of hydrogen-bond donors (Lipinski definition) is 1. The van der Waals surface area contributed by atoms with Crippen molar-refractivity contribution in [1.82, 2.24) is 4.90 Å². The quantitative estimate of drug-likeness (QED) is 0.664. The zero-order valence-electron chi connectivity index (χ0n) is 16.3. The molecule has 1 saturated heterocycles. The van der Waals surface area contributed by atoms with Crippen LogP contribution in [0.4, 0.5) is 5.69 Å². The first kappa shape index (κ1) is 20.7. The minimum Gasteiger partial charge on any atom is -0.493 e. The molecule has 0 bridgehead atoms. The van der Waals surface area contributed by atoms with Crippen LogP contribution < -0.4 is 4.74 Å². The molecule has 29 heavy (non-hydrogen) atoms. The molecule has 2 aromatic rings. The molecule has 2 aromatic carbocycles. The molecule has 1 fully saturated rings. The number of likely N-dealkylation sites (N-methyl/N-ethyl adjacent to an activating group) is 1. The molecular formula is C22H22N2O4S. The van der Waals surface area contributed by atoms with Crippen LogP contribution in [0.3, 0.4) is 0 Å². The van der Waals surface area contributed by atoms with Crippen LogP contribution in [0, 0.1) is 0 Å². The fourth-order valence-electron chi connectivity index (χ4n) is 2.74. The summed E-state index contributed by atoms with van der Waals surface area (Å²) in [6, 6.07) is 13.9. The van der Waals surface area contributed by atoms with Crippen LogP contribution in [0.15, 0.2) is 58.4 Å². The third-order valence-electron chi connectivity index (χ3n) is 4.21. The van der Waals surface area contributed by atoms with Gasteiger partial charge in [-0.25, -0.2) is 9.79 Å². The second kappa shape index (κ2) is 9.43. The Morgan fingerprint density at radius 3 is 2.55 bits per heavy atom. The smallest absolute Gasteiger partial charge is 0.335 e. The predicted molar refractivity (Wildman–Crippen MR) is 116 cm³/mol. The first-order chi connectivity index (χ1) is 14.0. The highest BCUT2D eigenvalue weighted by Crippen LogP contribution is 2.35. The molecule has 0 radical (unpaired) electrons. The molecule has 1 aliphatic rings. The van der Waals surface area contributed by atoms with Crippen LogP contribution >= 0.6 is 11.8 Å². The number of carbonyl (C=O) groups is 2. The Labute approximate surface area is 173 Å². The van der Waals surface area contributed by atoms with Crippen molar-refractivity contribution in [1.29, 1.82) is 0 Å². The number of amides is 1. The lowest BCUT2D eigenvalue weighted by Crippen LogP contribution is -2.28. The zero-order valence-corrected chi connectivity index (χ0v) is 17.1. The van der Waals surface area contributed by atoms with E-state index in [2.05, 4.69) is 4.99 Å². The number of carboxylic acids is 1. The summed E-state index contributed by atoms with van der Waals surface area (Å²) < 4.78 is 5.78. The lowest BCUT2D eigenvalue weighted by Gasteiger charge is -2.12. The summed E-state index contributed by atoms with van der Waals surface area (Å²) in [6.07, 6.45) is 2.73. The fourth-order valence-corrected chi connectivity index (χ4v) is 3.80. The minimum absolute atomic E-state index is 0.108. The van der Waals surface area contributed by atoms with E-state index in [1.165, 1.54) is 23.9 Å². The lowest BCUT2D eigenvalue weighted by molar-refractivity contribution is -0.122. The highest BCUT2D eigenvalue weighted by Gasteiger charge is 2.32. The number of aromatic carboxylic acids is 1. The van der Waals surface area contributed by atoms with Crippen molar-refractivity contribution in [2.75, 3.05) is 13.2 Å². The first-order valence-electron chi connectivity index (χ1n) is 9.38. The molecule has 0 aliphatic carbocycles.